The molecule has 2 atom stereocenters. The van der Waals surface area contributed by atoms with Gasteiger partial charge in [0.1, 0.15) is 5.75 Å². The Morgan fingerprint density at radius 3 is 2.42 bits per heavy atom. The van der Waals surface area contributed by atoms with Gasteiger partial charge in [-0.05, 0) is 50.9 Å². The molecule has 124 valence electrons. The zero-order valence-electron chi connectivity index (χ0n) is 14.2. The fourth-order valence-electron chi connectivity index (χ4n) is 4.63. The van der Waals surface area contributed by atoms with Crippen LogP contribution in [0.4, 0.5) is 5.69 Å². The van der Waals surface area contributed by atoms with Gasteiger partial charge >= 0.3 is 0 Å². The Labute approximate surface area is 143 Å². The summed E-state index contributed by atoms with van der Waals surface area (Å²) >= 11 is 0. The number of piperidine rings is 3. The summed E-state index contributed by atoms with van der Waals surface area (Å²) in [4.78, 5) is 5.19. The van der Waals surface area contributed by atoms with E-state index in [0.717, 1.165) is 11.7 Å². The van der Waals surface area contributed by atoms with Crippen LogP contribution >= 0.6 is 0 Å². The smallest absolute Gasteiger partial charge is 0.199 e. The van der Waals surface area contributed by atoms with E-state index in [1.54, 1.807) is 0 Å². The number of anilines is 1. The molecule has 3 saturated heterocycles. The maximum Gasteiger partial charge on any atom is 0.199 e. The number of fused-ring (bicyclic) bond motifs is 4. The van der Waals surface area contributed by atoms with E-state index < -0.39 is 0 Å². The summed E-state index contributed by atoms with van der Waals surface area (Å²) < 4.78 is 6.41. The standard InChI is InChI=1S/C21H24N2O/c1-15-6-8-17(9-7-15)21-23(18-4-2-3-5-20(18)24-21)19-14-22-12-10-16(19)11-13-22/h2-9,16,19,21H,10-14H2,1H3. The van der Waals surface area contributed by atoms with Crippen molar-refractivity contribution in [1.82, 2.24) is 4.90 Å². The van der Waals surface area contributed by atoms with Crippen molar-refractivity contribution in [2.75, 3.05) is 24.5 Å². The highest BCUT2D eigenvalue weighted by Crippen LogP contribution is 2.47. The van der Waals surface area contributed by atoms with E-state index in [1.165, 1.54) is 49.3 Å². The van der Waals surface area contributed by atoms with Crippen LogP contribution in [0, 0.1) is 12.8 Å². The van der Waals surface area contributed by atoms with Crippen molar-refractivity contribution < 1.29 is 4.74 Å². The largest absolute Gasteiger partial charge is 0.464 e. The molecule has 0 spiro atoms. The molecule has 3 nitrogen and oxygen atoms in total. The van der Waals surface area contributed by atoms with Crippen LogP contribution in [0.25, 0.3) is 0 Å². The van der Waals surface area contributed by atoms with E-state index in [4.69, 9.17) is 4.74 Å². The maximum atomic E-state index is 6.41. The highest BCUT2D eigenvalue weighted by Gasteiger charge is 2.44. The van der Waals surface area contributed by atoms with Gasteiger partial charge in [0.2, 0.25) is 0 Å². The molecule has 0 aromatic heterocycles. The zero-order chi connectivity index (χ0) is 16.1. The number of nitrogens with zero attached hydrogens (tertiary/aromatic N) is 2. The number of benzene rings is 2. The van der Waals surface area contributed by atoms with Crippen LogP contribution in [-0.4, -0.2) is 30.6 Å². The molecule has 24 heavy (non-hydrogen) atoms. The van der Waals surface area contributed by atoms with Crippen LogP contribution < -0.4 is 9.64 Å². The van der Waals surface area contributed by atoms with Gasteiger partial charge in [-0.1, -0.05) is 42.0 Å². The van der Waals surface area contributed by atoms with Crippen LogP contribution in [0.3, 0.4) is 0 Å². The molecule has 0 saturated carbocycles. The van der Waals surface area contributed by atoms with Gasteiger partial charge in [-0.25, -0.2) is 0 Å². The van der Waals surface area contributed by atoms with E-state index in [9.17, 15) is 0 Å². The van der Waals surface area contributed by atoms with Crippen molar-refractivity contribution in [1.29, 1.82) is 0 Å². The predicted molar refractivity (Wildman–Crippen MR) is 96.4 cm³/mol. The molecule has 4 heterocycles. The van der Waals surface area contributed by atoms with E-state index in [2.05, 4.69) is 65.3 Å². The van der Waals surface area contributed by atoms with Gasteiger partial charge in [0.15, 0.2) is 6.23 Å². The summed E-state index contributed by atoms with van der Waals surface area (Å²) in [5, 5.41) is 0. The lowest BCUT2D eigenvalue weighted by molar-refractivity contribution is 0.0700. The van der Waals surface area contributed by atoms with E-state index in [-0.39, 0.29) is 6.23 Å². The SMILES string of the molecule is Cc1ccc(C2Oc3ccccc3N2C2CN3CCC2CC3)cc1. The minimum Gasteiger partial charge on any atom is -0.464 e. The van der Waals surface area contributed by atoms with E-state index >= 15 is 0 Å². The number of hydrogen-bond donors (Lipinski definition) is 0. The Morgan fingerprint density at radius 1 is 0.958 bits per heavy atom. The molecular weight excluding hydrogens is 296 g/mol. The number of para-hydroxylation sites is 2. The van der Waals surface area contributed by atoms with Crippen LogP contribution in [-0.2, 0) is 0 Å². The molecule has 4 aliphatic heterocycles. The van der Waals surface area contributed by atoms with Crippen LogP contribution in [0.2, 0.25) is 0 Å². The molecular formula is C21H24N2O. The second-order valence-electron chi connectivity index (χ2n) is 7.46. The molecule has 0 radical (unpaired) electrons. The second kappa shape index (κ2) is 5.52. The summed E-state index contributed by atoms with van der Waals surface area (Å²) in [5.41, 5.74) is 3.82. The molecule has 2 aromatic carbocycles. The minimum absolute atomic E-state index is 0.00792. The maximum absolute atomic E-state index is 6.41. The molecule has 0 N–H and O–H groups in total. The van der Waals surface area contributed by atoms with Crippen molar-refractivity contribution in [2.45, 2.75) is 32.0 Å². The Morgan fingerprint density at radius 2 is 1.71 bits per heavy atom. The molecule has 6 rings (SSSR count). The quantitative estimate of drug-likeness (QED) is 0.832. The normalized spacial score (nSPS) is 31.0. The summed E-state index contributed by atoms with van der Waals surface area (Å²) in [6, 6.07) is 17.9. The lowest BCUT2D eigenvalue weighted by Crippen LogP contribution is -2.57. The second-order valence-corrected chi connectivity index (χ2v) is 7.46. The Bertz CT molecular complexity index is 734. The first kappa shape index (κ1) is 14.4. The molecule has 4 aliphatic rings. The zero-order valence-corrected chi connectivity index (χ0v) is 14.2. The average molecular weight is 320 g/mol. The lowest BCUT2D eigenvalue weighted by Gasteiger charge is -2.49. The van der Waals surface area contributed by atoms with Crippen LogP contribution in [0.5, 0.6) is 5.75 Å². The Hall–Kier alpha value is -2.00. The molecule has 2 unspecified atom stereocenters. The molecule has 2 aromatic rings. The van der Waals surface area contributed by atoms with Crippen LogP contribution in [0.1, 0.15) is 30.2 Å². The Kier molecular flexibility index (Phi) is 3.30. The van der Waals surface area contributed by atoms with Gasteiger partial charge in [-0.2, -0.15) is 0 Å². The highest BCUT2D eigenvalue weighted by atomic mass is 16.5. The van der Waals surface area contributed by atoms with Gasteiger partial charge in [-0.3, -0.25) is 0 Å². The van der Waals surface area contributed by atoms with E-state index in [0.29, 0.717) is 6.04 Å². The number of ether oxygens (including phenoxy) is 1. The van der Waals surface area contributed by atoms with Gasteiger partial charge in [-0.15, -0.1) is 0 Å². The third kappa shape index (κ3) is 2.22. The topological polar surface area (TPSA) is 15.7 Å². The fraction of sp³-hybridized carbons (Fsp3) is 0.429. The van der Waals surface area contributed by atoms with Crippen molar-refractivity contribution in [3.8, 4) is 5.75 Å². The first-order valence-corrected chi connectivity index (χ1v) is 9.12. The number of hydrogen-bond acceptors (Lipinski definition) is 3. The van der Waals surface area contributed by atoms with Gasteiger partial charge < -0.3 is 14.5 Å². The van der Waals surface area contributed by atoms with Crippen molar-refractivity contribution >= 4 is 5.69 Å². The van der Waals surface area contributed by atoms with Crippen molar-refractivity contribution in [3.05, 3.63) is 59.7 Å². The summed E-state index contributed by atoms with van der Waals surface area (Å²) in [6.07, 6.45) is 2.65. The van der Waals surface area contributed by atoms with Gasteiger partial charge in [0.25, 0.3) is 0 Å². The summed E-state index contributed by atoms with van der Waals surface area (Å²) in [6.45, 7) is 5.85. The molecule has 0 amide bonds. The van der Waals surface area contributed by atoms with Crippen LogP contribution in [0.15, 0.2) is 48.5 Å². The number of aryl methyl sites for hydroxylation is 1. The Balaban J connectivity index is 1.56. The predicted octanol–water partition coefficient (Wildman–Crippen LogP) is 3.99. The molecule has 0 aliphatic carbocycles. The first-order valence-electron chi connectivity index (χ1n) is 9.12. The van der Waals surface area contributed by atoms with Crippen molar-refractivity contribution in [3.63, 3.8) is 0 Å². The molecule has 3 heteroatoms. The van der Waals surface area contributed by atoms with Gasteiger partial charge in [0.05, 0.1) is 5.69 Å². The summed E-state index contributed by atoms with van der Waals surface area (Å²) in [5.74, 6) is 1.82. The minimum atomic E-state index is 0.00792. The van der Waals surface area contributed by atoms with E-state index in [1.807, 2.05) is 0 Å². The van der Waals surface area contributed by atoms with Gasteiger partial charge in [0, 0.05) is 18.2 Å². The van der Waals surface area contributed by atoms with Crippen molar-refractivity contribution in [2.24, 2.45) is 5.92 Å². The molecule has 3 fully saturated rings. The third-order valence-corrected chi connectivity index (χ3v) is 5.98. The monoisotopic (exact) mass is 320 g/mol. The third-order valence-electron chi connectivity index (χ3n) is 5.98. The highest BCUT2D eigenvalue weighted by molar-refractivity contribution is 5.64. The fourth-order valence-corrected chi connectivity index (χ4v) is 4.63. The summed E-state index contributed by atoms with van der Waals surface area (Å²) in [7, 11) is 0. The first-order chi connectivity index (χ1) is 11.8. The number of rotatable bonds is 2. The lowest BCUT2D eigenvalue weighted by atomic mass is 9.82. The average Bonchev–Trinajstić information content (AvgIpc) is 3.02. The molecule has 2 bridgehead atoms.